The number of rotatable bonds is 4. The van der Waals surface area contributed by atoms with Crippen LogP contribution in [-0.4, -0.2) is 0 Å². The Bertz CT molecular complexity index is 607. The predicted molar refractivity (Wildman–Crippen MR) is 157 cm³/mol. The van der Waals surface area contributed by atoms with Gasteiger partial charge in [-0.2, -0.15) is 13.8 Å². The molecule has 0 heterocycles. The summed E-state index contributed by atoms with van der Waals surface area (Å²) in [5.74, 6) is 2.55. The second-order valence-corrected chi connectivity index (χ2v) is 10.0. The van der Waals surface area contributed by atoms with Crippen molar-refractivity contribution in [2.24, 2.45) is 0 Å². The summed E-state index contributed by atoms with van der Waals surface area (Å²) in [6.07, 6.45) is 3.25. The molecule has 0 atom stereocenters. The van der Waals surface area contributed by atoms with Crippen molar-refractivity contribution in [3.05, 3.63) is 83.6 Å². The minimum Gasteiger partial charge on any atom is -0.358 e. The largest absolute Gasteiger partial charge is 0.358 e. The Morgan fingerprint density at radius 2 is 0.706 bits per heavy atom. The molecule has 2 rings (SSSR count). The first kappa shape index (κ1) is 40.4. The summed E-state index contributed by atoms with van der Waals surface area (Å²) in [6, 6.07) is 13.3. The molecule has 0 aliphatic carbocycles. The topological polar surface area (TPSA) is 0 Å². The first-order chi connectivity index (χ1) is 14.9. The minimum absolute atomic E-state index is 0. The van der Waals surface area contributed by atoms with E-state index in [0.717, 1.165) is 0 Å². The number of hydrogen-bond donors (Lipinski definition) is 0. The van der Waals surface area contributed by atoms with Crippen LogP contribution in [0.25, 0.3) is 0 Å². The Hall–Kier alpha value is -0.820. The zero-order chi connectivity index (χ0) is 25.4. The molecule has 0 saturated heterocycles. The average molecular weight is 652 g/mol. The van der Waals surface area contributed by atoms with Gasteiger partial charge in [0.05, 0.1) is 0 Å². The summed E-state index contributed by atoms with van der Waals surface area (Å²) in [4.78, 5) is 0. The molecule has 0 bridgehead atoms. The summed E-state index contributed by atoms with van der Waals surface area (Å²) in [7, 11) is 0. The smallest absolute Gasteiger partial charge is 0 e. The van der Waals surface area contributed by atoms with Gasteiger partial charge >= 0.3 is 0 Å². The molecule has 0 nitrogen and oxygen atoms in total. The fraction of sp³-hybridized carbons (Fsp3) is 0.576. The second-order valence-electron chi connectivity index (χ2n) is 10.0. The van der Waals surface area contributed by atoms with Gasteiger partial charge in [-0.15, -0.1) is 0 Å². The Balaban J connectivity index is -0.000000205. The predicted octanol–water partition coefficient (Wildman–Crippen LogP) is 11.6. The van der Waals surface area contributed by atoms with Gasteiger partial charge in [0.15, 0.2) is 0 Å². The van der Waals surface area contributed by atoms with Crippen LogP contribution in [0.4, 0.5) is 0 Å². The third-order valence-electron chi connectivity index (χ3n) is 5.32. The summed E-state index contributed by atoms with van der Waals surface area (Å²) >= 11 is 0. The maximum Gasteiger partial charge on any atom is 0 e. The molecule has 0 aliphatic heterocycles. The van der Waals surface area contributed by atoms with E-state index in [0.29, 0.717) is 23.7 Å². The molecule has 1 radical (unpaired) electrons. The minimum atomic E-state index is 0. The molecule has 0 aromatic heterocycles. The van der Waals surface area contributed by atoms with Crippen molar-refractivity contribution in [3.63, 3.8) is 0 Å². The molecule has 0 fully saturated rings. The van der Waals surface area contributed by atoms with Crippen molar-refractivity contribution in [1.29, 1.82) is 0 Å². The van der Waals surface area contributed by atoms with E-state index in [-0.39, 0.29) is 29.8 Å². The van der Waals surface area contributed by atoms with Crippen LogP contribution in [0.1, 0.15) is 147 Å². The monoisotopic (exact) mass is 651 g/mol. The summed E-state index contributed by atoms with van der Waals surface area (Å²) in [6.45, 7) is 30.8. The Morgan fingerprint density at radius 1 is 0.559 bits per heavy atom. The Kier molecular flexibility index (Phi) is 26.9. The van der Waals surface area contributed by atoms with Gasteiger partial charge in [0, 0.05) is 22.4 Å². The molecule has 0 unspecified atom stereocenters. The molecule has 2 aromatic rings. The Morgan fingerprint density at radius 3 is 0.824 bits per heavy atom. The third kappa shape index (κ3) is 15.2. The maximum atomic E-state index is 2.26. The van der Waals surface area contributed by atoms with Crippen LogP contribution in [0.2, 0.25) is 0 Å². The van der Waals surface area contributed by atoms with Gasteiger partial charge in [0.1, 0.15) is 0 Å². The van der Waals surface area contributed by atoms with Gasteiger partial charge in [-0.1, -0.05) is 112 Å². The molecule has 1 heteroatoms. The third-order valence-corrected chi connectivity index (χ3v) is 5.32. The van der Waals surface area contributed by atoms with E-state index in [1.165, 1.54) is 39.8 Å². The van der Waals surface area contributed by atoms with E-state index in [1.807, 2.05) is 20.3 Å². The quantitative estimate of drug-likeness (QED) is 0.228. The standard InChI is InChI=1S/2C13H20.C3H8.C3H7.CH3.Au/c2*1-9(2)12-7-6-8-13(10(3)4)11(12)5;2*1-3-2;;/h2*6-10H,1-5H3;3H2,1-2H3;3H,1-2H3;1H3;/q;;;2*-1;. The fourth-order valence-electron chi connectivity index (χ4n) is 3.85. The molecule has 203 valence electrons. The van der Waals surface area contributed by atoms with Gasteiger partial charge in [-0.3, -0.25) is 0 Å². The van der Waals surface area contributed by atoms with Crippen LogP contribution in [0.15, 0.2) is 36.4 Å². The summed E-state index contributed by atoms with van der Waals surface area (Å²) < 4.78 is 0. The van der Waals surface area contributed by atoms with E-state index in [9.17, 15) is 0 Å². The Labute approximate surface area is 232 Å². The van der Waals surface area contributed by atoms with Crippen LogP contribution < -0.4 is 0 Å². The van der Waals surface area contributed by atoms with Crippen molar-refractivity contribution in [2.75, 3.05) is 0 Å². The van der Waals surface area contributed by atoms with Gasteiger partial charge < -0.3 is 13.8 Å². The van der Waals surface area contributed by atoms with Crippen LogP contribution >= 0.6 is 0 Å². The van der Waals surface area contributed by atoms with E-state index in [2.05, 4.69) is 119 Å². The first-order valence-electron chi connectivity index (χ1n) is 12.8. The van der Waals surface area contributed by atoms with Gasteiger partial charge in [0.2, 0.25) is 0 Å². The molecule has 2 aromatic carbocycles. The van der Waals surface area contributed by atoms with Crippen molar-refractivity contribution in [2.45, 2.75) is 127 Å². The van der Waals surface area contributed by atoms with Crippen LogP contribution in [0.3, 0.4) is 0 Å². The molecule has 0 saturated carbocycles. The van der Waals surface area contributed by atoms with E-state index in [4.69, 9.17) is 0 Å². The van der Waals surface area contributed by atoms with Crippen molar-refractivity contribution in [3.8, 4) is 0 Å². The van der Waals surface area contributed by atoms with Crippen LogP contribution in [0.5, 0.6) is 0 Å². The van der Waals surface area contributed by atoms with Gasteiger partial charge in [-0.25, -0.2) is 0 Å². The van der Waals surface area contributed by atoms with E-state index in [1.54, 1.807) is 0 Å². The molecule has 0 N–H and O–H groups in total. The first-order valence-corrected chi connectivity index (χ1v) is 12.8. The molecular formula is C33H58Au-2. The molecule has 0 spiro atoms. The van der Waals surface area contributed by atoms with E-state index < -0.39 is 0 Å². The van der Waals surface area contributed by atoms with Gasteiger partial charge in [0.25, 0.3) is 0 Å². The zero-order valence-electron chi connectivity index (χ0n) is 25.4. The molecule has 0 aliphatic rings. The molecular weight excluding hydrogens is 593 g/mol. The number of benzene rings is 2. The van der Waals surface area contributed by atoms with Crippen LogP contribution in [0, 0.1) is 27.7 Å². The SMILES string of the molecule is CCC.C[CH-]C.Cc1c(C(C)C)cccc1C(C)C.Cc1c(C(C)C)cccc1C(C)C.[Au].[CH3-]. The van der Waals surface area contributed by atoms with Crippen molar-refractivity contribution < 1.29 is 22.4 Å². The normalized spacial score (nSPS) is 9.71. The average Bonchev–Trinajstić information content (AvgIpc) is 2.69. The maximum absolute atomic E-state index is 2.26. The van der Waals surface area contributed by atoms with Gasteiger partial charge in [-0.05, 0) is 70.9 Å². The summed E-state index contributed by atoms with van der Waals surface area (Å²) in [5, 5.41) is 0. The fourth-order valence-corrected chi connectivity index (χ4v) is 3.85. The van der Waals surface area contributed by atoms with Crippen molar-refractivity contribution in [1.82, 2.24) is 0 Å². The van der Waals surface area contributed by atoms with Crippen LogP contribution in [-0.2, 0) is 22.4 Å². The zero-order valence-corrected chi connectivity index (χ0v) is 27.5. The number of hydrogen-bond acceptors (Lipinski definition) is 0. The molecule has 0 amide bonds. The van der Waals surface area contributed by atoms with E-state index >= 15 is 0 Å². The van der Waals surface area contributed by atoms with Crippen molar-refractivity contribution >= 4 is 0 Å². The second kappa shape index (κ2) is 22.6. The molecule has 34 heavy (non-hydrogen) atoms. The summed E-state index contributed by atoms with van der Waals surface area (Å²) in [5.41, 5.74) is 8.93.